The minimum Gasteiger partial charge on any atom is -0.493 e. The van der Waals surface area contributed by atoms with Crippen molar-refractivity contribution in [3.05, 3.63) is 45.9 Å². The van der Waals surface area contributed by atoms with Gasteiger partial charge in [-0.05, 0) is 52.7 Å². The number of hydrogen-bond acceptors (Lipinski definition) is 5. The molecule has 0 saturated carbocycles. The van der Waals surface area contributed by atoms with Crippen LogP contribution < -0.4 is 14.9 Å². The maximum atomic E-state index is 5.35. The first-order valence-corrected chi connectivity index (χ1v) is 8.07. The number of aryl methyl sites for hydroxylation is 1. The van der Waals surface area contributed by atoms with E-state index in [4.69, 9.17) is 9.47 Å². The average molecular weight is 389 g/mol. The zero-order chi connectivity index (χ0) is 17.1. The van der Waals surface area contributed by atoms with E-state index < -0.39 is 0 Å². The molecule has 0 saturated heterocycles. The van der Waals surface area contributed by atoms with Crippen LogP contribution in [-0.4, -0.2) is 30.4 Å². The summed E-state index contributed by atoms with van der Waals surface area (Å²) < 4.78 is 11.4. The van der Waals surface area contributed by atoms with E-state index in [1.807, 2.05) is 37.3 Å². The zero-order valence-corrected chi connectivity index (χ0v) is 15.1. The van der Waals surface area contributed by atoms with Crippen molar-refractivity contribution in [1.82, 2.24) is 9.97 Å². The lowest BCUT2D eigenvalue weighted by molar-refractivity contribution is 0.353. The van der Waals surface area contributed by atoms with E-state index in [0.29, 0.717) is 17.4 Å². The second kappa shape index (κ2) is 6.92. The number of rotatable bonds is 5. The number of imidazole rings is 1. The average Bonchev–Trinajstić information content (AvgIpc) is 2.97. The molecule has 0 amide bonds. The lowest BCUT2D eigenvalue weighted by atomic mass is 10.2. The van der Waals surface area contributed by atoms with E-state index in [0.717, 1.165) is 21.1 Å². The van der Waals surface area contributed by atoms with Crippen molar-refractivity contribution >= 4 is 39.1 Å². The highest BCUT2D eigenvalue weighted by Crippen LogP contribution is 2.36. The third-order valence-corrected chi connectivity index (χ3v) is 4.34. The Kier molecular flexibility index (Phi) is 4.71. The van der Waals surface area contributed by atoms with Gasteiger partial charge in [0.25, 0.3) is 0 Å². The largest absolute Gasteiger partial charge is 0.493 e. The molecule has 0 radical (unpaired) electrons. The maximum Gasteiger partial charge on any atom is 0.222 e. The third kappa shape index (κ3) is 3.21. The molecule has 3 rings (SSSR count). The number of halogens is 1. The minimum atomic E-state index is 0.587. The molecule has 0 aliphatic carbocycles. The summed E-state index contributed by atoms with van der Waals surface area (Å²) in [5.41, 5.74) is 6.80. The fourth-order valence-electron chi connectivity index (χ4n) is 2.34. The highest BCUT2D eigenvalue weighted by Gasteiger charge is 2.11. The van der Waals surface area contributed by atoms with Crippen molar-refractivity contribution in [3.63, 3.8) is 0 Å². The van der Waals surface area contributed by atoms with Crippen molar-refractivity contribution in [2.45, 2.75) is 6.92 Å². The van der Waals surface area contributed by atoms with Gasteiger partial charge in [-0.2, -0.15) is 5.10 Å². The van der Waals surface area contributed by atoms with E-state index in [-0.39, 0.29) is 0 Å². The molecule has 2 N–H and O–H groups in total. The van der Waals surface area contributed by atoms with Gasteiger partial charge in [0.2, 0.25) is 5.95 Å². The molecular weight excluding hydrogens is 372 g/mol. The number of hydrazone groups is 1. The number of hydrogen-bond donors (Lipinski definition) is 2. The van der Waals surface area contributed by atoms with Crippen molar-refractivity contribution in [2.24, 2.45) is 5.10 Å². The molecule has 0 aliphatic rings. The van der Waals surface area contributed by atoms with E-state index in [2.05, 4.69) is 36.4 Å². The molecule has 0 unspecified atom stereocenters. The van der Waals surface area contributed by atoms with Crippen LogP contribution in [0.2, 0.25) is 0 Å². The number of aromatic amines is 1. The van der Waals surface area contributed by atoms with Gasteiger partial charge in [-0.3, -0.25) is 0 Å². The second-order valence-electron chi connectivity index (χ2n) is 5.18. The molecule has 0 fully saturated rings. The first kappa shape index (κ1) is 16.3. The molecule has 3 aromatic rings. The van der Waals surface area contributed by atoms with Crippen LogP contribution in [-0.2, 0) is 0 Å². The third-order valence-electron chi connectivity index (χ3n) is 3.53. The van der Waals surface area contributed by atoms with Crippen LogP contribution in [0, 0.1) is 6.92 Å². The Balaban J connectivity index is 1.80. The molecule has 6 nitrogen and oxygen atoms in total. The molecule has 2 aromatic carbocycles. The predicted molar refractivity (Wildman–Crippen MR) is 99.3 cm³/mol. The van der Waals surface area contributed by atoms with Gasteiger partial charge in [0, 0.05) is 5.56 Å². The minimum absolute atomic E-state index is 0.587. The normalized spacial score (nSPS) is 11.2. The Morgan fingerprint density at radius 3 is 2.79 bits per heavy atom. The number of aromatic nitrogens is 2. The second-order valence-corrected chi connectivity index (χ2v) is 5.97. The van der Waals surface area contributed by atoms with Gasteiger partial charge in [-0.1, -0.05) is 6.07 Å². The summed E-state index contributed by atoms with van der Waals surface area (Å²) in [4.78, 5) is 7.62. The Morgan fingerprint density at radius 1 is 1.21 bits per heavy atom. The Bertz CT molecular complexity index is 905. The summed E-state index contributed by atoms with van der Waals surface area (Å²) >= 11 is 3.51. The first-order chi connectivity index (χ1) is 11.6. The SMILES string of the molecule is COc1ccc(/C=N\Nc2nc3ccc(C)cc3[nH]2)c(Br)c1OC. The Hall–Kier alpha value is -2.54. The van der Waals surface area contributed by atoms with E-state index in [1.165, 1.54) is 5.56 Å². The molecule has 7 heteroatoms. The lowest BCUT2D eigenvalue weighted by Crippen LogP contribution is -1.96. The number of H-pyrrole nitrogens is 1. The number of benzene rings is 2. The molecular formula is C17H17BrN4O2. The summed E-state index contributed by atoms with van der Waals surface area (Å²) in [5.74, 6) is 1.87. The van der Waals surface area contributed by atoms with Gasteiger partial charge in [0.05, 0.1) is 35.9 Å². The summed E-state index contributed by atoms with van der Waals surface area (Å²) in [6, 6.07) is 9.76. The van der Waals surface area contributed by atoms with E-state index in [9.17, 15) is 0 Å². The van der Waals surface area contributed by atoms with Gasteiger partial charge in [0.15, 0.2) is 11.5 Å². The molecule has 1 heterocycles. The van der Waals surface area contributed by atoms with Crippen LogP contribution in [0.25, 0.3) is 11.0 Å². The van der Waals surface area contributed by atoms with Crippen molar-refractivity contribution in [3.8, 4) is 11.5 Å². The molecule has 0 bridgehead atoms. The monoisotopic (exact) mass is 388 g/mol. The first-order valence-electron chi connectivity index (χ1n) is 7.28. The topological polar surface area (TPSA) is 71.5 Å². The molecule has 0 aliphatic heterocycles. The van der Waals surface area contributed by atoms with Crippen molar-refractivity contribution in [2.75, 3.05) is 19.6 Å². The number of methoxy groups -OCH3 is 2. The highest BCUT2D eigenvalue weighted by atomic mass is 79.9. The lowest BCUT2D eigenvalue weighted by Gasteiger charge is -2.10. The summed E-state index contributed by atoms with van der Waals surface area (Å²) in [5, 5.41) is 4.23. The van der Waals surface area contributed by atoms with Crippen LogP contribution in [0.5, 0.6) is 11.5 Å². The molecule has 24 heavy (non-hydrogen) atoms. The number of anilines is 1. The Labute approximate surface area is 148 Å². The molecule has 1 aromatic heterocycles. The molecule has 0 spiro atoms. The summed E-state index contributed by atoms with van der Waals surface area (Å²) in [6.45, 7) is 2.04. The summed E-state index contributed by atoms with van der Waals surface area (Å²) in [7, 11) is 3.20. The highest BCUT2D eigenvalue weighted by molar-refractivity contribution is 9.10. The van der Waals surface area contributed by atoms with E-state index in [1.54, 1.807) is 20.4 Å². The van der Waals surface area contributed by atoms with Crippen molar-refractivity contribution < 1.29 is 9.47 Å². The van der Waals surface area contributed by atoms with Crippen LogP contribution in [0.1, 0.15) is 11.1 Å². The Morgan fingerprint density at radius 2 is 2.04 bits per heavy atom. The van der Waals surface area contributed by atoms with Gasteiger partial charge >= 0.3 is 0 Å². The van der Waals surface area contributed by atoms with Gasteiger partial charge in [-0.15, -0.1) is 0 Å². The van der Waals surface area contributed by atoms with Crippen LogP contribution in [0.4, 0.5) is 5.95 Å². The maximum absolute atomic E-state index is 5.35. The zero-order valence-electron chi connectivity index (χ0n) is 13.6. The van der Waals surface area contributed by atoms with Gasteiger partial charge < -0.3 is 14.5 Å². The number of fused-ring (bicyclic) bond motifs is 1. The fourth-order valence-corrected chi connectivity index (χ4v) is 2.94. The molecule has 0 atom stereocenters. The van der Waals surface area contributed by atoms with E-state index >= 15 is 0 Å². The van der Waals surface area contributed by atoms with Gasteiger partial charge in [0.1, 0.15) is 0 Å². The smallest absolute Gasteiger partial charge is 0.222 e. The summed E-state index contributed by atoms with van der Waals surface area (Å²) in [6.07, 6.45) is 1.68. The number of ether oxygens (including phenoxy) is 2. The number of nitrogens with one attached hydrogen (secondary N) is 2. The predicted octanol–water partition coefficient (Wildman–Crippen LogP) is 4.10. The quantitative estimate of drug-likeness (QED) is 0.509. The number of nitrogens with zero attached hydrogens (tertiary/aromatic N) is 2. The van der Waals surface area contributed by atoms with Crippen LogP contribution >= 0.6 is 15.9 Å². The van der Waals surface area contributed by atoms with Crippen LogP contribution in [0.15, 0.2) is 39.9 Å². The van der Waals surface area contributed by atoms with Crippen molar-refractivity contribution in [1.29, 1.82) is 0 Å². The van der Waals surface area contributed by atoms with Gasteiger partial charge in [-0.25, -0.2) is 10.4 Å². The standard InChI is InChI=1S/C17H17BrN4O2/c1-10-4-6-12-13(8-10)21-17(20-12)22-19-9-11-5-7-14(23-2)16(24-3)15(11)18/h4-9H,1-3H3,(H2,20,21,22)/b19-9-. The van der Waals surface area contributed by atoms with Crippen LogP contribution in [0.3, 0.4) is 0 Å². The molecule has 124 valence electrons. The fraction of sp³-hybridized carbons (Fsp3) is 0.176.